The van der Waals surface area contributed by atoms with Crippen molar-refractivity contribution >= 4 is 0 Å². The molecule has 0 radical (unpaired) electrons. The van der Waals surface area contributed by atoms with E-state index in [1.165, 1.54) is 25.0 Å². The molecule has 1 N–H and O–H groups in total. The number of hydrogen-bond donors (Lipinski definition) is 1. The van der Waals surface area contributed by atoms with Crippen LogP contribution in [0.4, 0.5) is 0 Å². The van der Waals surface area contributed by atoms with Gasteiger partial charge >= 0.3 is 0 Å². The van der Waals surface area contributed by atoms with Crippen LogP contribution in [0.15, 0.2) is 6.07 Å². The molecule has 2 rings (SSSR count). The van der Waals surface area contributed by atoms with Gasteiger partial charge in [0.2, 0.25) is 0 Å². The van der Waals surface area contributed by atoms with Gasteiger partial charge in [-0.3, -0.25) is 4.68 Å². The molecule has 1 aliphatic rings. The Morgan fingerprint density at radius 2 is 2.41 bits per heavy atom. The third kappa shape index (κ3) is 3.07. The molecule has 4 nitrogen and oxygen atoms in total. The average molecular weight is 237 g/mol. The summed E-state index contributed by atoms with van der Waals surface area (Å²) < 4.78 is 7.83. The van der Waals surface area contributed by atoms with Gasteiger partial charge in [-0.05, 0) is 39.3 Å². The van der Waals surface area contributed by atoms with Crippen LogP contribution in [0.25, 0.3) is 0 Å². The van der Waals surface area contributed by atoms with Gasteiger partial charge in [0.15, 0.2) is 0 Å². The highest BCUT2D eigenvalue weighted by molar-refractivity contribution is 5.10. The van der Waals surface area contributed by atoms with E-state index in [1.54, 1.807) is 0 Å². The van der Waals surface area contributed by atoms with E-state index in [9.17, 15) is 0 Å². The first kappa shape index (κ1) is 12.6. The Kier molecular flexibility index (Phi) is 4.18. The van der Waals surface area contributed by atoms with Crippen molar-refractivity contribution in [3.05, 3.63) is 17.5 Å². The van der Waals surface area contributed by atoms with Gasteiger partial charge in [-0.2, -0.15) is 5.10 Å². The minimum Gasteiger partial charge on any atom is -0.377 e. The van der Waals surface area contributed by atoms with Crippen molar-refractivity contribution < 1.29 is 4.74 Å². The Bertz CT molecular complexity index is 356. The summed E-state index contributed by atoms with van der Waals surface area (Å²) >= 11 is 0. The Balaban J connectivity index is 2.01. The van der Waals surface area contributed by atoms with Gasteiger partial charge in [0.05, 0.1) is 11.8 Å². The molecule has 0 bridgehead atoms. The fraction of sp³-hybridized carbons (Fsp3) is 0.769. The molecule has 1 saturated heterocycles. The number of aromatic nitrogens is 2. The predicted octanol–water partition coefficient (Wildman–Crippen LogP) is 1.43. The van der Waals surface area contributed by atoms with E-state index in [1.807, 2.05) is 25.7 Å². The number of nitrogens with one attached hydrogen (secondary N) is 1. The van der Waals surface area contributed by atoms with Crippen molar-refractivity contribution in [3.63, 3.8) is 0 Å². The summed E-state index contributed by atoms with van der Waals surface area (Å²) in [6.07, 6.45) is 5.00. The number of hydrogen-bond acceptors (Lipinski definition) is 3. The van der Waals surface area contributed by atoms with E-state index in [4.69, 9.17) is 4.74 Å². The van der Waals surface area contributed by atoms with Crippen molar-refractivity contribution in [1.82, 2.24) is 15.1 Å². The first-order valence-corrected chi connectivity index (χ1v) is 6.49. The van der Waals surface area contributed by atoms with Crippen molar-refractivity contribution in [3.8, 4) is 0 Å². The fourth-order valence-corrected chi connectivity index (χ4v) is 2.58. The molecule has 2 unspecified atom stereocenters. The largest absolute Gasteiger partial charge is 0.377 e. The maximum absolute atomic E-state index is 5.86. The fourth-order valence-electron chi connectivity index (χ4n) is 2.58. The van der Waals surface area contributed by atoms with Crippen LogP contribution in [0.1, 0.15) is 30.7 Å². The molecule has 1 fully saturated rings. The maximum atomic E-state index is 5.86. The second-order valence-electron chi connectivity index (χ2n) is 4.90. The Morgan fingerprint density at radius 3 is 2.94 bits per heavy atom. The van der Waals surface area contributed by atoms with Gasteiger partial charge in [-0.25, -0.2) is 0 Å². The van der Waals surface area contributed by atoms with E-state index in [0.717, 1.165) is 18.7 Å². The van der Waals surface area contributed by atoms with E-state index >= 15 is 0 Å². The Labute approximate surface area is 103 Å². The molecular formula is C13H23N3O. The highest BCUT2D eigenvalue weighted by Crippen LogP contribution is 2.18. The number of aryl methyl sites for hydroxylation is 2. The lowest BCUT2D eigenvalue weighted by Crippen LogP contribution is -2.43. The summed E-state index contributed by atoms with van der Waals surface area (Å²) in [6.45, 7) is 2.95. The SMILES string of the molecule is CNC(Cc1cc(C)nn1C)C1CCCCO1. The average Bonchev–Trinajstić information content (AvgIpc) is 2.66. The summed E-state index contributed by atoms with van der Waals surface area (Å²) in [5.41, 5.74) is 2.36. The summed E-state index contributed by atoms with van der Waals surface area (Å²) in [5.74, 6) is 0. The first-order valence-electron chi connectivity index (χ1n) is 6.49. The van der Waals surface area contributed by atoms with Crippen molar-refractivity contribution in [1.29, 1.82) is 0 Å². The Morgan fingerprint density at radius 1 is 1.59 bits per heavy atom. The number of ether oxygens (including phenoxy) is 1. The van der Waals surface area contributed by atoms with E-state index in [-0.39, 0.29) is 0 Å². The zero-order chi connectivity index (χ0) is 12.3. The molecule has 2 atom stereocenters. The normalized spacial score (nSPS) is 22.6. The van der Waals surface area contributed by atoms with Crippen molar-refractivity contribution in [2.75, 3.05) is 13.7 Å². The number of rotatable bonds is 4. The topological polar surface area (TPSA) is 39.1 Å². The van der Waals surface area contributed by atoms with Crippen LogP contribution in [0.2, 0.25) is 0 Å². The molecule has 0 spiro atoms. The third-order valence-corrected chi connectivity index (χ3v) is 3.56. The molecule has 0 saturated carbocycles. The van der Waals surface area contributed by atoms with Gasteiger partial charge in [0, 0.05) is 31.8 Å². The number of nitrogens with zero attached hydrogens (tertiary/aromatic N) is 2. The van der Waals surface area contributed by atoms with E-state index in [2.05, 4.69) is 16.5 Å². The van der Waals surface area contributed by atoms with Gasteiger partial charge in [-0.1, -0.05) is 0 Å². The predicted molar refractivity (Wildman–Crippen MR) is 68.1 cm³/mol. The van der Waals surface area contributed by atoms with Gasteiger partial charge in [0.1, 0.15) is 0 Å². The van der Waals surface area contributed by atoms with Crippen molar-refractivity contribution in [2.24, 2.45) is 7.05 Å². The van der Waals surface area contributed by atoms with Gasteiger partial charge in [0.25, 0.3) is 0 Å². The second-order valence-corrected chi connectivity index (χ2v) is 4.90. The van der Waals surface area contributed by atoms with Gasteiger partial charge in [-0.15, -0.1) is 0 Å². The zero-order valence-corrected chi connectivity index (χ0v) is 11.1. The molecule has 1 aliphatic heterocycles. The Hall–Kier alpha value is -0.870. The molecule has 1 aromatic heterocycles. The standard InChI is InChI=1S/C13H23N3O/c1-10-8-11(16(3)15-10)9-12(14-2)13-6-4-5-7-17-13/h8,12-14H,4-7,9H2,1-3H3. The molecule has 0 amide bonds. The van der Waals surface area contributed by atoms with Crippen LogP contribution in [-0.2, 0) is 18.2 Å². The van der Waals surface area contributed by atoms with Crippen LogP contribution in [-0.4, -0.2) is 35.6 Å². The number of likely N-dealkylation sites (N-methyl/N-ethyl adjacent to an activating group) is 1. The van der Waals surface area contributed by atoms with E-state index in [0.29, 0.717) is 12.1 Å². The lowest BCUT2D eigenvalue weighted by Gasteiger charge is -2.30. The first-order chi connectivity index (χ1) is 8.20. The van der Waals surface area contributed by atoms with Crippen LogP contribution >= 0.6 is 0 Å². The third-order valence-electron chi connectivity index (χ3n) is 3.56. The van der Waals surface area contributed by atoms with Crippen LogP contribution in [0.5, 0.6) is 0 Å². The lowest BCUT2D eigenvalue weighted by atomic mass is 9.98. The second kappa shape index (κ2) is 5.65. The summed E-state index contributed by atoms with van der Waals surface area (Å²) in [5, 5.41) is 7.78. The highest BCUT2D eigenvalue weighted by Gasteiger charge is 2.24. The molecule has 96 valence electrons. The maximum Gasteiger partial charge on any atom is 0.0731 e. The molecule has 4 heteroatoms. The quantitative estimate of drug-likeness (QED) is 0.861. The lowest BCUT2D eigenvalue weighted by molar-refractivity contribution is -0.00620. The molecule has 2 heterocycles. The summed E-state index contributed by atoms with van der Waals surface area (Å²) in [7, 11) is 4.03. The molecule has 17 heavy (non-hydrogen) atoms. The smallest absolute Gasteiger partial charge is 0.0731 e. The van der Waals surface area contributed by atoms with Crippen molar-refractivity contribution in [2.45, 2.75) is 44.8 Å². The van der Waals surface area contributed by atoms with E-state index < -0.39 is 0 Å². The molecule has 0 aromatic carbocycles. The summed E-state index contributed by atoms with van der Waals surface area (Å²) in [4.78, 5) is 0. The minimum absolute atomic E-state index is 0.351. The van der Waals surface area contributed by atoms with Crippen LogP contribution in [0, 0.1) is 6.92 Å². The highest BCUT2D eigenvalue weighted by atomic mass is 16.5. The molecule has 1 aromatic rings. The minimum atomic E-state index is 0.351. The monoisotopic (exact) mass is 237 g/mol. The van der Waals surface area contributed by atoms with Crippen LogP contribution < -0.4 is 5.32 Å². The molecule has 0 aliphatic carbocycles. The summed E-state index contributed by atoms with van der Waals surface area (Å²) in [6, 6.07) is 2.55. The zero-order valence-electron chi connectivity index (χ0n) is 11.1. The molecular weight excluding hydrogens is 214 g/mol. The van der Waals surface area contributed by atoms with Crippen LogP contribution in [0.3, 0.4) is 0 Å². The van der Waals surface area contributed by atoms with Gasteiger partial charge < -0.3 is 10.1 Å².